The third-order valence-corrected chi connectivity index (χ3v) is 6.16. The predicted octanol–water partition coefficient (Wildman–Crippen LogP) is 4.18. The van der Waals surface area contributed by atoms with Crippen LogP contribution in [0.4, 0.5) is 0 Å². The van der Waals surface area contributed by atoms with Gasteiger partial charge in [-0.2, -0.15) is 0 Å². The van der Waals surface area contributed by atoms with Crippen LogP contribution in [-0.4, -0.2) is 30.5 Å². The number of allylic oxidation sites excluding steroid dienone is 1. The Bertz CT molecular complexity index is 916. The zero-order chi connectivity index (χ0) is 22.3. The van der Waals surface area contributed by atoms with E-state index in [0.29, 0.717) is 18.8 Å². The number of amides is 1. The Kier molecular flexibility index (Phi) is 7.45. The topological polar surface area (TPSA) is 77.0 Å². The normalized spacial score (nSPS) is 21.0. The van der Waals surface area contributed by atoms with Gasteiger partial charge >= 0.3 is 0 Å². The van der Waals surface area contributed by atoms with Crippen molar-refractivity contribution in [3.05, 3.63) is 77.1 Å². The van der Waals surface area contributed by atoms with E-state index in [9.17, 15) is 9.90 Å². The predicted molar refractivity (Wildman–Crippen MR) is 121 cm³/mol. The van der Waals surface area contributed by atoms with E-state index in [-0.39, 0.29) is 24.5 Å². The van der Waals surface area contributed by atoms with Crippen LogP contribution in [0, 0.1) is 0 Å². The van der Waals surface area contributed by atoms with Crippen molar-refractivity contribution in [1.29, 1.82) is 0 Å². The zero-order valence-electron chi connectivity index (χ0n) is 18.5. The molecule has 4 rings (SSSR count). The van der Waals surface area contributed by atoms with Crippen molar-refractivity contribution in [2.45, 2.75) is 63.6 Å². The SMILES string of the molecule is COc1ccc([C@H]2C=C(C(=O)NC3CCCC3)O[C@@H](OCc3ccc(CO)cc3)C2)cc1. The van der Waals surface area contributed by atoms with Gasteiger partial charge < -0.3 is 24.6 Å². The minimum atomic E-state index is -0.533. The van der Waals surface area contributed by atoms with Crippen LogP contribution in [0.15, 0.2) is 60.4 Å². The second kappa shape index (κ2) is 10.7. The number of nitrogens with one attached hydrogen (secondary N) is 1. The maximum atomic E-state index is 12.9. The summed E-state index contributed by atoms with van der Waals surface area (Å²) >= 11 is 0. The number of carbonyl (C=O) groups excluding carboxylic acids is 1. The number of hydrogen-bond acceptors (Lipinski definition) is 5. The van der Waals surface area contributed by atoms with Crippen LogP contribution in [0.5, 0.6) is 5.75 Å². The molecule has 170 valence electrons. The number of carbonyl (C=O) groups is 1. The van der Waals surface area contributed by atoms with E-state index in [0.717, 1.165) is 48.1 Å². The first kappa shape index (κ1) is 22.4. The van der Waals surface area contributed by atoms with Crippen LogP contribution >= 0.6 is 0 Å². The quantitative estimate of drug-likeness (QED) is 0.648. The zero-order valence-corrected chi connectivity index (χ0v) is 18.5. The van der Waals surface area contributed by atoms with Crippen molar-refractivity contribution in [1.82, 2.24) is 5.32 Å². The van der Waals surface area contributed by atoms with Crippen molar-refractivity contribution in [2.24, 2.45) is 0 Å². The van der Waals surface area contributed by atoms with E-state index in [1.807, 2.05) is 54.6 Å². The van der Waals surface area contributed by atoms with Crippen LogP contribution < -0.4 is 10.1 Å². The fourth-order valence-electron chi connectivity index (χ4n) is 4.26. The van der Waals surface area contributed by atoms with Gasteiger partial charge in [0.1, 0.15) is 5.75 Å². The lowest BCUT2D eigenvalue weighted by atomic mass is 9.92. The molecular formula is C26H31NO5. The van der Waals surface area contributed by atoms with Crippen molar-refractivity contribution >= 4 is 5.91 Å². The minimum Gasteiger partial charge on any atom is -0.497 e. The lowest BCUT2D eigenvalue weighted by Crippen LogP contribution is -2.37. The second-order valence-corrected chi connectivity index (χ2v) is 8.43. The van der Waals surface area contributed by atoms with E-state index in [1.54, 1.807) is 7.11 Å². The Balaban J connectivity index is 1.47. The molecular weight excluding hydrogens is 406 g/mol. The molecule has 1 heterocycles. The molecule has 2 aromatic carbocycles. The van der Waals surface area contributed by atoms with Crippen molar-refractivity contribution < 1.29 is 24.1 Å². The van der Waals surface area contributed by atoms with E-state index >= 15 is 0 Å². The molecule has 1 saturated carbocycles. The maximum absolute atomic E-state index is 12.9. The highest BCUT2D eigenvalue weighted by molar-refractivity contribution is 5.92. The summed E-state index contributed by atoms with van der Waals surface area (Å²) in [6.45, 7) is 0.379. The highest BCUT2D eigenvalue weighted by atomic mass is 16.7. The molecule has 0 saturated heterocycles. The molecule has 0 aromatic heterocycles. The van der Waals surface area contributed by atoms with Gasteiger partial charge in [0.05, 0.1) is 20.3 Å². The van der Waals surface area contributed by atoms with Gasteiger partial charge in [0.25, 0.3) is 5.91 Å². The van der Waals surface area contributed by atoms with E-state index in [1.165, 1.54) is 0 Å². The standard InChI is InChI=1S/C26H31NO5/c1-30-23-12-10-20(11-13-23)21-14-24(26(29)27-22-4-2-3-5-22)32-25(15-21)31-17-19-8-6-18(16-28)7-9-19/h6-14,21-22,25,28H,2-5,15-17H2,1H3,(H,27,29)/t21-,25+/m0/s1. The highest BCUT2D eigenvalue weighted by Gasteiger charge is 2.30. The first-order valence-corrected chi connectivity index (χ1v) is 11.3. The number of aliphatic hydroxyl groups excluding tert-OH is 1. The largest absolute Gasteiger partial charge is 0.497 e. The molecule has 1 fully saturated rings. The molecule has 0 unspecified atom stereocenters. The summed E-state index contributed by atoms with van der Waals surface area (Å²) in [6, 6.07) is 15.7. The van der Waals surface area contributed by atoms with Crippen LogP contribution in [-0.2, 0) is 27.5 Å². The van der Waals surface area contributed by atoms with Gasteiger partial charge in [-0.15, -0.1) is 0 Å². The molecule has 0 spiro atoms. The Morgan fingerprint density at radius 2 is 1.75 bits per heavy atom. The molecule has 1 aliphatic carbocycles. The molecule has 6 heteroatoms. The molecule has 0 bridgehead atoms. The number of hydrogen-bond donors (Lipinski definition) is 2. The van der Waals surface area contributed by atoms with Gasteiger partial charge in [0, 0.05) is 18.4 Å². The molecule has 1 aliphatic heterocycles. The molecule has 2 aromatic rings. The van der Waals surface area contributed by atoms with Crippen LogP contribution in [0.3, 0.4) is 0 Å². The average molecular weight is 438 g/mol. The first-order valence-electron chi connectivity index (χ1n) is 11.3. The molecule has 0 radical (unpaired) electrons. The number of rotatable bonds is 8. The van der Waals surface area contributed by atoms with Gasteiger partial charge in [-0.1, -0.05) is 49.2 Å². The Hall–Kier alpha value is -2.83. The lowest BCUT2D eigenvalue weighted by molar-refractivity contribution is -0.150. The summed E-state index contributed by atoms with van der Waals surface area (Å²) in [4.78, 5) is 12.9. The summed E-state index contributed by atoms with van der Waals surface area (Å²) in [5, 5.41) is 12.3. The van der Waals surface area contributed by atoms with Gasteiger partial charge in [-0.25, -0.2) is 0 Å². The maximum Gasteiger partial charge on any atom is 0.286 e. The third kappa shape index (κ3) is 5.69. The van der Waals surface area contributed by atoms with Crippen LogP contribution in [0.25, 0.3) is 0 Å². The van der Waals surface area contributed by atoms with E-state index < -0.39 is 6.29 Å². The third-order valence-electron chi connectivity index (χ3n) is 6.16. The summed E-state index contributed by atoms with van der Waals surface area (Å²) in [5.74, 6) is 0.949. The van der Waals surface area contributed by atoms with Crippen molar-refractivity contribution in [3.63, 3.8) is 0 Å². The highest BCUT2D eigenvalue weighted by Crippen LogP contribution is 2.33. The second-order valence-electron chi connectivity index (χ2n) is 8.43. The molecule has 2 N–H and O–H groups in total. The first-order chi connectivity index (χ1) is 15.6. The fraction of sp³-hybridized carbons (Fsp3) is 0.423. The summed E-state index contributed by atoms with van der Waals surface area (Å²) in [7, 11) is 1.64. The van der Waals surface area contributed by atoms with Crippen LogP contribution in [0.1, 0.15) is 54.7 Å². The number of benzene rings is 2. The summed E-state index contributed by atoms with van der Waals surface area (Å²) in [5.41, 5.74) is 2.93. The van der Waals surface area contributed by atoms with Gasteiger partial charge in [0.2, 0.25) is 6.29 Å². The Morgan fingerprint density at radius 1 is 1.06 bits per heavy atom. The number of aliphatic hydroxyl groups is 1. The van der Waals surface area contributed by atoms with Crippen LogP contribution in [0.2, 0.25) is 0 Å². The smallest absolute Gasteiger partial charge is 0.286 e. The molecule has 2 aliphatic rings. The van der Waals surface area contributed by atoms with Gasteiger partial charge in [-0.3, -0.25) is 4.79 Å². The molecule has 32 heavy (non-hydrogen) atoms. The molecule has 2 atom stereocenters. The molecule has 1 amide bonds. The minimum absolute atomic E-state index is 0.000694. The Labute approximate surface area is 189 Å². The average Bonchev–Trinajstić information content (AvgIpc) is 3.36. The van der Waals surface area contributed by atoms with Crippen molar-refractivity contribution in [3.8, 4) is 5.75 Å². The monoisotopic (exact) mass is 437 g/mol. The van der Waals surface area contributed by atoms with E-state index in [4.69, 9.17) is 14.2 Å². The summed E-state index contributed by atoms with van der Waals surface area (Å²) < 4.78 is 17.3. The van der Waals surface area contributed by atoms with Gasteiger partial charge in [-0.05, 0) is 47.7 Å². The van der Waals surface area contributed by atoms with Gasteiger partial charge in [0.15, 0.2) is 5.76 Å². The van der Waals surface area contributed by atoms with Crippen molar-refractivity contribution in [2.75, 3.05) is 7.11 Å². The number of ether oxygens (including phenoxy) is 3. The number of methoxy groups -OCH3 is 1. The lowest BCUT2D eigenvalue weighted by Gasteiger charge is -2.30. The molecule has 6 nitrogen and oxygen atoms in total. The Morgan fingerprint density at radius 3 is 2.41 bits per heavy atom. The summed E-state index contributed by atoms with van der Waals surface area (Å²) in [6.07, 6.45) is 6.33. The van der Waals surface area contributed by atoms with E-state index in [2.05, 4.69) is 5.32 Å². The fourth-order valence-corrected chi connectivity index (χ4v) is 4.26.